The molecule has 0 radical (unpaired) electrons. The summed E-state index contributed by atoms with van der Waals surface area (Å²) in [4.78, 5) is 4.65. The van der Waals surface area contributed by atoms with E-state index in [9.17, 15) is 8.42 Å². The molecule has 0 atom stereocenters. The Kier molecular flexibility index (Phi) is 8.37. The third-order valence-electron chi connectivity index (χ3n) is 5.17. The molecule has 0 aromatic heterocycles. The van der Waals surface area contributed by atoms with Gasteiger partial charge in [-0.3, -0.25) is 0 Å². The number of ether oxygens (including phenoxy) is 1. The molecule has 1 aromatic carbocycles. The number of hydrogen-bond donors (Lipinski definition) is 2. The predicted octanol–water partition coefficient (Wildman–Crippen LogP) is 3.58. The molecule has 29 heavy (non-hydrogen) atoms. The van der Waals surface area contributed by atoms with Gasteiger partial charge in [-0.1, -0.05) is 12.1 Å². The van der Waals surface area contributed by atoms with E-state index in [1.54, 1.807) is 20.8 Å². The van der Waals surface area contributed by atoms with Crippen molar-refractivity contribution in [2.45, 2.75) is 77.7 Å². The van der Waals surface area contributed by atoms with Crippen molar-refractivity contribution in [2.24, 2.45) is 4.99 Å². The quantitative estimate of drug-likeness (QED) is 0.493. The number of guanidine groups is 1. The lowest BCUT2D eigenvalue weighted by atomic mass is 10.1. The van der Waals surface area contributed by atoms with Gasteiger partial charge in [0.05, 0.1) is 23.1 Å². The van der Waals surface area contributed by atoms with Crippen LogP contribution in [0, 0.1) is 6.92 Å². The van der Waals surface area contributed by atoms with Crippen LogP contribution in [0.2, 0.25) is 0 Å². The number of benzene rings is 1. The van der Waals surface area contributed by atoms with Gasteiger partial charge in [-0.15, -0.1) is 0 Å². The summed E-state index contributed by atoms with van der Waals surface area (Å²) >= 11 is 0. The number of sulfone groups is 1. The average molecular weight is 424 g/mol. The Morgan fingerprint density at radius 3 is 2.52 bits per heavy atom. The molecular weight excluding hydrogens is 386 g/mol. The summed E-state index contributed by atoms with van der Waals surface area (Å²) in [5, 5.41) is 6.33. The van der Waals surface area contributed by atoms with Gasteiger partial charge in [0.15, 0.2) is 15.8 Å². The number of aliphatic imine (C=N–C) groups is 1. The second-order valence-corrected chi connectivity index (χ2v) is 11.6. The van der Waals surface area contributed by atoms with Crippen LogP contribution in [-0.2, 0) is 16.4 Å². The molecule has 0 aliphatic heterocycles. The lowest BCUT2D eigenvalue weighted by molar-refractivity contribution is 0.208. The molecule has 0 amide bonds. The van der Waals surface area contributed by atoms with Crippen LogP contribution in [0.3, 0.4) is 0 Å². The van der Waals surface area contributed by atoms with Gasteiger partial charge in [-0.25, -0.2) is 13.4 Å². The van der Waals surface area contributed by atoms with Crippen molar-refractivity contribution in [1.29, 1.82) is 0 Å². The minimum Gasteiger partial charge on any atom is -0.490 e. The molecule has 2 N–H and O–H groups in total. The van der Waals surface area contributed by atoms with Gasteiger partial charge < -0.3 is 15.4 Å². The molecular formula is C22H37N3O3S. The molecule has 0 unspecified atom stereocenters. The molecule has 1 saturated carbocycles. The number of nitrogens with zero attached hydrogens (tertiary/aromatic N) is 1. The molecule has 164 valence electrons. The van der Waals surface area contributed by atoms with Crippen LogP contribution in [-0.4, -0.2) is 44.1 Å². The summed E-state index contributed by atoms with van der Waals surface area (Å²) in [5.74, 6) is 1.59. The molecule has 1 aliphatic rings. The van der Waals surface area contributed by atoms with Crippen LogP contribution < -0.4 is 15.4 Å². The van der Waals surface area contributed by atoms with E-state index in [0.717, 1.165) is 24.2 Å². The largest absolute Gasteiger partial charge is 0.490 e. The third kappa shape index (κ3) is 7.21. The van der Waals surface area contributed by atoms with Gasteiger partial charge in [0, 0.05) is 18.7 Å². The van der Waals surface area contributed by atoms with Crippen molar-refractivity contribution in [1.82, 2.24) is 10.6 Å². The predicted molar refractivity (Wildman–Crippen MR) is 120 cm³/mol. The van der Waals surface area contributed by atoms with Crippen molar-refractivity contribution in [2.75, 3.05) is 18.8 Å². The molecule has 7 heteroatoms. The van der Waals surface area contributed by atoms with Crippen LogP contribution in [0.5, 0.6) is 5.75 Å². The summed E-state index contributed by atoms with van der Waals surface area (Å²) in [7, 11) is -3.17. The fourth-order valence-corrected chi connectivity index (χ4v) is 4.19. The first-order valence-corrected chi connectivity index (χ1v) is 12.3. The topological polar surface area (TPSA) is 79.8 Å². The summed E-state index contributed by atoms with van der Waals surface area (Å²) in [6, 6.07) is 6.22. The van der Waals surface area contributed by atoms with Gasteiger partial charge in [-0.05, 0) is 71.9 Å². The maximum absolute atomic E-state index is 12.3. The highest BCUT2D eigenvalue weighted by Gasteiger charge is 2.28. The molecule has 1 fully saturated rings. The van der Waals surface area contributed by atoms with E-state index in [0.29, 0.717) is 31.7 Å². The van der Waals surface area contributed by atoms with Crippen molar-refractivity contribution in [3.8, 4) is 5.75 Å². The highest BCUT2D eigenvalue weighted by atomic mass is 32.2. The van der Waals surface area contributed by atoms with Crippen LogP contribution in [0.1, 0.15) is 64.5 Å². The fraction of sp³-hybridized carbons (Fsp3) is 0.682. The summed E-state index contributed by atoms with van der Waals surface area (Å²) in [6.45, 7) is 10.7. The molecule has 1 aliphatic carbocycles. The molecule has 0 bridgehead atoms. The summed E-state index contributed by atoms with van der Waals surface area (Å²) < 4.78 is 30.1. The van der Waals surface area contributed by atoms with Gasteiger partial charge in [0.2, 0.25) is 0 Å². The molecule has 0 heterocycles. The maximum Gasteiger partial charge on any atom is 0.191 e. The highest BCUT2D eigenvalue weighted by molar-refractivity contribution is 7.92. The van der Waals surface area contributed by atoms with Crippen molar-refractivity contribution < 1.29 is 13.2 Å². The normalized spacial score (nSPS) is 16.1. The second-order valence-electron chi connectivity index (χ2n) is 8.69. The molecule has 2 rings (SSSR count). The van der Waals surface area contributed by atoms with Crippen LogP contribution in [0.4, 0.5) is 0 Å². The zero-order chi connectivity index (χ0) is 21.5. The summed E-state index contributed by atoms with van der Waals surface area (Å²) in [5.41, 5.74) is 2.21. The average Bonchev–Trinajstić information content (AvgIpc) is 3.13. The maximum atomic E-state index is 12.3. The summed E-state index contributed by atoms with van der Waals surface area (Å²) in [6.07, 6.45) is 4.99. The van der Waals surface area contributed by atoms with E-state index in [-0.39, 0.29) is 5.75 Å². The van der Waals surface area contributed by atoms with Crippen molar-refractivity contribution >= 4 is 15.8 Å². The van der Waals surface area contributed by atoms with Crippen LogP contribution in [0.15, 0.2) is 23.2 Å². The Hall–Kier alpha value is -1.76. The van der Waals surface area contributed by atoms with E-state index in [2.05, 4.69) is 40.7 Å². The van der Waals surface area contributed by atoms with E-state index in [4.69, 9.17) is 4.74 Å². The number of nitrogens with one attached hydrogen (secondary N) is 2. The van der Waals surface area contributed by atoms with Gasteiger partial charge in [0.1, 0.15) is 5.75 Å². The Morgan fingerprint density at radius 2 is 1.90 bits per heavy atom. The number of hydrogen-bond acceptors (Lipinski definition) is 4. The van der Waals surface area contributed by atoms with Crippen molar-refractivity contribution in [3.63, 3.8) is 0 Å². The zero-order valence-corrected chi connectivity index (χ0v) is 19.4. The number of aryl methyl sites for hydroxylation is 1. The minimum atomic E-state index is -3.17. The molecule has 0 spiro atoms. The van der Waals surface area contributed by atoms with E-state index in [1.807, 2.05) is 6.92 Å². The molecule has 6 nitrogen and oxygen atoms in total. The van der Waals surface area contributed by atoms with Gasteiger partial charge in [0.25, 0.3) is 0 Å². The molecule has 0 saturated heterocycles. The first kappa shape index (κ1) is 23.5. The van der Waals surface area contributed by atoms with E-state index >= 15 is 0 Å². The SMILES string of the molecule is CCNC(=NCc1ccc(C)cc1OC1CCCC1)NCCS(=O)(=O)C(C)(C)C. The fourth-order valence-electron chi connectivity index (χ4n) is 3.20. The van der Waals surface area contributed by atoms with Gasteiger partial charge >= 0.3 is 0 Å². The van der Waals surface area contributed by atoms with Crippen molar-refractivity contribution in [3.05, 3.63) is 29.3 Å². The molecule has 1 aromatic rings. The van der Waals surface area contributed by atoms with Crippen LogP contribution in [0.25, 0.3) is 0 Å². The first-order chi connectivity index (χ1) is 13.6. The Morgan fingerprint density at radius 1 is 1.21 bits per heavy atom. The van der Waals surface area contributed by atoms with Gasteiger partial charge in [-0.2, -0.15) is 0 Å². The zero-order valence-electron chi connectivity index (χ0n) is 18.5. The Balaban J connectivity index is 2.04. The third-order valence-corrected chi connectivity index (χ3v) is 7.77. The smallest absolute Gasteiger partial charge is 0.191 e. The van der Waals surface area contributed by atoms with Crippen LogP contribution >= 0.6 is 0 Å². The first-order valence-electron chi connectivity index (χ1n) is 10.6. The lowest BCUT2D eigenvalue weighted by Gasteiger charge is -2.20. The monoisotopic (exact) mass is 423 g/mol. The minimum absolute atomic E-state index is 0.0709. The lowest BCUT2D eigenvalue weighted by Crippen LogP contribution is -2.41. The number of rotatable bonds is 8. The highest BCUT2D eigenvalue weighted by Crippen LogP contribution is 2.28. The Labute approximate surface area is 176 Å². The second kappa shape index (κ2) is 10.3. The van der Waals surface area contributed by atoms with E-state index in [1.165, 1.54) is 18.4 Å². The Bertz CT molecular complexity index is 792. The standard InChI is InChI=1S/C22H37N3O3S/c1-6-23-21(24-13-14-29(26,27)22(3,4)5)25-16-18-12-11-17(2)15-20(18)28-19-9-7-8-10-19/h11-12,15,19H,6-10,13-14,16H2,1-5H3,(H2,23,24,25). The van der Waals surface area contributed by atoms with E-state index < -0.39 is 14.6 Å².